The van der Waals surface area contributed by atoms with Crippen molar-refractivity contribution in [3.05, 3.63) is 70.0 Å². The quantitative estimate of drug-likeness (QED) is 0.638. The molecule has 0 bridgehead atoms. The summed E-state index contributed by atoms with van der Waals surface area (Å²) in [7, 11) is 0. The van der Waals surface area contributed by atoms with Crippen LogP contribution in [0.3, 0.4) is 0 Å². The molecule has 0 aliphatic heterocycles. The lowest BCUT2D eigenvalue weighted by Crippen LogP contribution is -2.22. The summed E-state index contributed by atoms with van der Waals surface area (Å²) in [5.74, 6) is -0.368. The zero-order valence-electron chi connectivity index (χ0n) is 11.9. The number of halogens is 4. The molecule has 0 aliphatic carbocycles. The second-order valence-electron chi connectivity index (χ2n) is 5.01. The number of alkyl halides is 3. The van der Waals surface area contributed by atoms with Crippen LogP contribution in [0.15, 0.2) is 47.3 Å². The predicted molar refractivity (Wildman–Crippen MR) is 77.0 cm³/mol. The van der Waals surface area contributed by atoms with Crippen molar-refractivity contribution >= 4 is 10.9 Å². The first-order valence-corrected chi connectivity index (χ1v) is 6.64. The molecule has 3 rings (SSSR count). The number of aryl methyl sites for hydroxylation is 1. The highest BCUT2D eigenvalue weighted by atomic mass is 19.4. The van der Waals surface area contributed by atoms with Crippen molar-refractivity contribution in [2.24, 2.45) is 0 Å². The highest BCUT2D eigenvalue weighted by molar-refractivity contribution is 5.78. The van der Waals surface area contributed by atoms with Gasteiger partial charge in [0, 0.05) is 6.07 Å². The summed E-state index contributed by atoms with van der Waals surface area (Å²) in [6, 6.07) is 7.90. The van der Waals surface area contributed by atoms with E-state index in [1.165, 1.54) is 25.1 Å². The first-order valence-electron chi connectivity index (χ1n) is 6.64. The van der Waals surface area contributed by atoms with Gasteiger partial charge in [0.1, 0.15) is 11.6 Å². The minimum atomic E-state index is -4.51. The Morgan fingerprint density at radius 3 is 2.52 bits per heavy atom. The van der Waals surface area contributed by atoms with E-state index in [1.54, 1.807) is 0 Å². The van der Waals surface area contributed by atoms with E-state index in [0.29, 0.717) is 0 Å². The molecule has 3 aromatic rings. The third-order valence-electron chi connectivity index (χ3n) is 3.43. The van der Waals surface area contributed by atoms with E-state index in [9.17, 15) is 22.4 Å². The molecule has 118 valence electrons. The minimum Gasteiger partial charge on any atom is -0.268 e. The van der Waals surface area contributed by atoms with Crippen LogP contribution in [-0.4, -0.2) is 9.55 Å². The third kappa shape index (κ3) is 2.69. The van der Waals surface area contributed by atoms with E-state index in [0.717, 1.165) is 28.8 Å². The molecule has 3 nitrogen and oxygen atoms in total. The maximum absolute atomic E-state index is 13.2. The number of hydrogen-bond acceptors (Lipinski definition) is 2. The van der Waals surface area contributed by atoms with Gasteiger partial charge in [0.2, 0.25) is 0 Å². The van der Waals surface area contributed by atoms with Crippen molar-refractivity contribution in [2.45, 2.75) is 13.1 Å². The summed E-state index contributed by atoms with van der Waals surface area (Å²) in [5, 5.41) is 0.134. The maximum Gasteiger partial charge on any atom is 0.416 e. The molecule has 0 unspecified atom stereocenters. The van der Waals surface area contributed by atoms with Crippen LogP contribution in [0.5, 0.6) is 0 Å². The van der Waals surface area contributed by atoms with Crippen LogP contribution < -0.4 is 5.56 Å². The molecule has 0 saturated heterocycles. The maximum atomic E-state index is 13.2. The van der Waals surface area contributed by atoms with E-state index >= 15 is 0 Å². The van der Waals surface area contributed by atoms with Crippen LogP contribution in [0.25, 0.3) is 16.6 Å². The fourth-order valence-electron chi connectivity index (χ4n) is 2.40. The molecule has 0 radical (unpaired) electrons. The van der Waals surface area contributed by atoms with Gasteiger partial charge in [-0.15, -0.1) is 0 Å². The van der Waals surface area contributed by atoms with Gasteiger partial charge >= 0.3 is 6.18 Å². The zero-order chi connectivity index (χ0) is 16.8. The molecular weight excluding hydrogens is 312 g/mol. The van der Waals surface area contributed by atoms with Crippen LogP contribution in [0, 0.1) is 12.7 Å². The van der Waals surface area contributed by atoms with Gasteiger partial charge in [-0.05, 0) is 37.3 Å². The summed E-state index contributed by atoms with van der Waals surface area (Å²) < 4.78 is 52.8. The highest BCUT2D eigenvalue weighted by Gasteiger charge is 2.30. The number of fused-ring (bicyclic) bond motifs is 1. The number of hydrogen-bond donors (Lipinski definition) is 0. The van der Waals surface area contributed by atoms with E-state index in [-0.39, 0.29) is 22.4 Å². The first kappa shape index (κ1) is 15.2. The number of nitrogens with zero attached hydrogens (tertiary/aromatic N) is 2. The summed E-state index contributed by atoms with van der Waals surface area (Å²) in [5.41, 5.74) is -1.19. The van der Waals surface area contributed by atoms with Gasteiger partial charge < -0.3 is 0 Å². The Kier molecular flexibility index (Phi) is 3.43. The molecule has 0 saturated carbocycles. The zero-order valence-corrected chi connectivity index (χ0v) is 11.9. The average Bonchev–Trinajstić information content (AvgIpc) is 2.46. The van der Waals surface area contributed by atoms with Crippen LogP contribution in [0.1, 0.15) is 11.4 Å². The van der Waals surface area contributed by atoms with Gasteiger partial charge in [-0.3, -0.25) is 9.36 Å². The second kappa shape index (κ2) is 5.19. The van der Waals surface area contributed by atoms with Gasteiger partial charge in [0.25, 0.3) is 5.56 Å². The van der Waals surface area contributed by atoms with Crippen molar-refractivity contribution in [1.82, 2.24) is 9.55 Å². The van der Waals surface area contributed by atoms with Gasteiger partial charge in [0.05, 0.1) is 22.2 Å². The van der Waals surface area contributed by atoms with Gasteiger partial charge in [-0.25, -0.2) is 9.37 Å². The van der Waals surface area contributed by atoms with E-state index < -0.39 is 23.1 Å². The summed E-state index contributed by atoms with van der Waals surface area (Å²) >= 11 is 0. The van der Waals surface area contributed by atoms with E-state index in [2.05, 4.69) is 4.98 Å². The fourth-order valence-corrected chi connectivity index (χ4v) is 2.40. The number of benzene rings is 2. The second-order valence-corrected chi connectivity index (χ2v) is 5.01. The summed E-state index contributed by atoms with van der Waals surface area (Å²) in [6.45, 7) is 1.48. The fraction of sp³-hybridized carbons (Fsp3) is 0.125. The van der Waals surface area contributed by atoms with E-state index in [1.807, 2.05) is 0 Å². The Bertz CT molecular complexity index is 960. The average molecular weight is 322 g/mol. The molecule has 7 heteroatoms. The lowest BCUT2D eigenvalue weighted by molar-refractivity contribution is -0.137. The molecule has 0 spiro atoms. The molecule has 2 aromatic carbocycles. The van der Waals surface area contributed by atoms with Crippen molar-refractivity contribution in [1.29, 1.82) is 0 Å². The summed E-state index contributed by atoms with van der Waals surface area (Å²) in [4.78, 5) is 16.6. The Labute approximate surface area is 127 Å². The Morgan fingerprint density at radius 2 is 1.83 bits per heavy atom. The van der Waals surface area contributed by atoms with Crippen molar-refractivity contribution in [2.75, 3.05) is 0 Å². The smallest absolute Gasteiger partial charge is 0.268 e. The molecule has 1 aromatic heterocycles. The van der Waals surface area contributed by atoms with E-state index in [4.69, 9.17) is 0 Å². The monoisotopic (exact) mass is 322 g/mol. The normalized spacial score (nSPS) is 11.9. The van der Waals surface area contributed by atoms with Gasteiger partial charge in [-0.2, -0.15) is 13.2 Å². The van der Waals surface area contributed by atoms with Crippen molar-refractivity contribution in [3.8, 4) is 5.69 Å². The van der Waals surface area contributed by atoms with Crippen molar-refractivity contribution < 1.29 is 17.6 Å². The lowest BCUT2D eigenvalue weighted by atomic mass is 10.2. The summed E-state index contributed by atoms with van der Waals surface area (Å²) in [6.07, 6.45) is -4.51. The van der Waals surface area contributed by atoms with Gasteiger partial charge in [-0.1, -0.05) is 6.07 Å². The largest absolute Gasteiger partial charge is 0.416 e. The topological polar surface area (TPSA) is 34.9 Å². The molecule has 0 aliphatic rings. The molecule has 0 atom stereocenters. The van der Waals surface area contributed by atoms with Crippen LogP contribution in [-0.2, 0) is 6.18 Å². The van der Waals surface area contributed by atoms with Crippen LogP contribution >= 0.6 is 0 Å². The Morgan fingerprint density at radius 1 is 1.09 bits per heavy atom. The first-order chi connectivity index (χ1) is 10.8. The predicted octanol–water partition coefficient (Wildman–Crippen LogP) is 3.85. The molecule has 23 heavy (non-hydrogen) atoms. The molecule has 0 fully saturated rings. The number of aromatic nitrogens is 2. The number of rotatable bonds is 1. The van der Waals surface area contributed by atoms with Crippen molar-refractivity contribution in [3.63, 3.8) is 0 Å². The Balaban J connectivity index is 2.29. The molecule has 0 N–H and O–H groups in total. The molecule has 1 heterocycles. The van der Waals surface area contributed by atoms with Crippen LogP contribution in [0.4, 0.5) is 17.6 Å². The van der Waals surface area contributed by atoms with Crippen LogP contribution in [0.2, 0.25) is 0 Å². The van der Waals surface area contributed by atoms with Gasteiger partial charge in [0.15, 0.2) is 0 Å². The Hall–Kier alpha value is -2.70. The standard InChI is InChI=1S/C16H10F4N2O/c1-9-21-14-8-11(17)5-6-13(14)15(23)22(9)12-4-2-3-10(7-12)16(18,19)20/h2-8H,1H3. The highest BCUT2D eigenvalue weighted by Crippen LogP contribution is 2.30. The molecule has 0 amide bonds. The SMILES string of the molecule is Cc1nc2cc(F)ccc2c(=O)n1-c1cccc(C(F)(F)F)c1. The third-order valence-corrected chi connectivity index (χ3v) is 3.43. The molecular formula is C16H10F4N2O. The lowest BCUT2D eigenvalue weighted by Gasteiger charge is -2.13. The minimum absolute atomic E-state index is 0.0565.